The lowest BCUT2D eigenvalue weighted by molar-refractivity contribution is -0.233. The molecule has 0 saturated heterocycles. The van der Waals surface area contributed by atoms with Crippen molar-refractivity contribution in [2.75, 3.05) is 33.0 Å². The standard InChI is InChI=1S/C19H28O3/c1-2-18-13-19(14-18,15-18)16-22-11-9-20-8-10-21-12-17-6-4-3-5-7-17/h3-7H,2,8-16H2,1H3. The van der Waals surface area contributed by atoms with Crippen LogP contribution in [0.1, 0.15) is 38.2 Å². The second-order valence-corrected chi connectivity index (χ2v) is 7.09. The van der Waals surface area contributed by atoms with Gasteiger partial charge in [-0.3, -0.25) is 0 Å². The van der Waals surface area contributed by atoms with Gasteiger partial charge in [-0.15, -0.1) is 0 Å². The fourth-order valence-electron chi connectivity index (χ4n) is 4.15. The fraction of sp³-hybridized carbons (Fsp3) is 0.684. The lowest BCUT2D eigenvalue weighted by Crippen LogP contribution is -2.63. The topological polar surface area (TPSA) is 27.7 Å². The molecule has 1 aromatic rings. The van der Waals surface area contributed by atoms with Crippen molar-refractivity contribution in [1.82, 2.24) is 0 Å². The molecule has 0 radical (unpaired) electrons. The predicted octanol–water partition coefficient (Wildman–Crippen LogP) is 3.82. The number of hydrogen-bond acceptors (Lipinski definition) is 3. The van der Waals surface area contributed by atoms with Crippen molar-refractivity contribution in [1.29, 1.82) is 0 Å². The molecule has 3 nitrogen and oxygen atoms in total. The van der Waals surface area contributed by atoms with Crippen LogP contribution in [0.3, 0.4) is 0 Å². The minimum atomic E-state index is 0.550. The molecule has 0 unspecified atom stereocenters. The summed E-state index contributed by atoms with van der Waals surface area (Å²) in [7, 11) is 0. The van der Waals surface area contributed by atoms with Gasteiger partial charge in [-0.05, 0) is 35.7 Å². The van der Waals surface area contributed by atoms with Gasteiger partial charge in [-0.2, -0.15) is 0 Å². The van der Waals surface area contributed by atoms with Crippen molar-refractivity contribution in [3.05, 3.63) is 35.9 Å². The van der Waals surface area contributed by atoms with Gasteiger partial charge in [0.25, 0.3) is 0 Å². The van der Waals surface area contributed by atoms with E-state index in [2.05, 4.69) is 19.1 Å². The molecule has 0 heterocycles. The Labute approximate surface area is 134 Å². The van der Waals surface area contributed by atoms with Crippen molar-refractivity contribution in [3.8, 4) is 0 Å². The Hall–Kier alpha value is -0.900. The van der Waals surface area contributed by atoms with Crippen LogP contribution in [0.5, 0.6) is 0 Å². The Bertz CT molecular complexity index is 437. The van der Waals surface area contributed by atoms with E-state index in [1.165, 1.54) is 31.2 Å². The minimum absolute atomic E-state index is 0.550. The molecule has 3 heteroatoms. The average molecular weight is 304 g/mol. The zero-order valence-electron chi connectivity index (χ0n) is 13.7. The normalized spacial score (nSPS) is 29.0. The SMILES string of the molecule is CCC12CC(COCCOCCOCc3ccccc3)(C1)C2. The summed E-state index contributed by atoms with van der Waals surface area (Å²) in [5.74, 6) is 0. The van der Waals surface area contributed by atoms with Crippen molar-refractivity contribution in [3.63, 3.8) is 0 Å². The highest BCUT2D eigenvalue weighted by molar-refractivity contribution is 5.16. The van der Waals surface area contributed by atoms with E-state index < -0.39 is 0 Å². The molecular formula is C19H28O3. The van der Waals surface area contributed by atoms with E-state index in [4.69, 9.17) is 14.2 Å². The van der Waals surface area contributed by atoms with Gasteiger partial charge in [-0.1, -0.05) is 43.7 Å². The van der Waals surface area contributed by atoms with Crippen LogP contribution >= 0.6 is 0 Å². The molecule has 0 N–H and O–H groups in total. The minimum Gasteiger partial charge on any atom is -0.378 e. The third-order valence-corrected chi connectivity index (χ3v) is 5.26. The molecule has 0 aromatic heterocycles. The van der Waals surface area contributed by atoms with Crippen LogP contribution in [0, 0.1) is 10.8 Å². The van der Waals surface area contributed by atoms with Crippen LogP contribution in [-0.4, -0.2) is 33.0 Å². The van der Waals surface area contributed by atoms with Crippen LogP contribution in [-0.2, 0) is 20.8 Å². The Morgan fingerprint density at radius 3 is 2.14 bits per heavy atom. The van der Waals surface area contributed by atoms with Crippen LogP contribution < -0.4 is 0 Å². The second-order valence-electron chi connectivity index (χ2n) is 7.09. The summed E-state index contributed by atoms with van der Waals surface area (Å²) in [5.41, 5.74) is 2.47. The maximum absolute atomic E-state index is 5.78. The first-order valence-corrected chi connectivity index (χ1v) is 8.53. The summed E-state index contributed by atoms with van der Waals surface area (Å²) in [4.78, 5) is 0. The van der Waals surface area contributed by atoms with E-state index in [1.807, 2.05) is 18.2 Å². The number of rotatable bonds is 11. The van der Waals surface area contributed by atoms with Gasteiger partial charge in [0.15, 0.2) is 0 Å². The zero-order chi connectivity index (χ0) is 15.3. The molecule has 3 aliphatic rings. The van der Waals surface area contributed by atoms with Crippen molar-refractivity contribution in [2.24, 2.45) is 10.8 Å². The third-order valence-electron chi connectivity index (χ3n) is 5.26. The molecule has 4 rings (SSSR count). The maximum atomic E-state index is 5.78. The highest BCUT2D eigenvalue weighted by Gasteiger charge is 2.66. The molecule has 3 saturated carbocycles. The Morgan fingerprint density at radius 2 is 1.45 bits per heavy atom. The first-order chi connectivity index (χ1) is 10.8. The Morgan fingerprint density at radius 1 is 0.818 bits per heavy atom. The first kappa shape index (κ1) is 16.0. The second kappa shape index (κ2) is 7.12. The van der Waals surface area contributed by atoms with E-state index in [9.17, 15) is 0 Å². The third kappa shape index (κ3) is 3.70. The predicted molar refractivity (Wildman–Crippen MR) is 86.7 cm³/mol. The molecule has 0 aliphatic heterocycles. The summed E-state index contributed by atoms with van der Waals surface area (Å²) in [6, 6.07) is 10.2. The van der Waals surface area contributed by atoms with E-state index in [0.717, 1.165) is 12.0 Å². The molecule has 3 fully saturated rings. The molecule has 0 amide bonds. The molecule has 1 aromatic carbocycles. The summed E-state index contributed by atoms with van der Waals surface area (Å²) in [6.07, 6.45) is 5.53. The van der Waals surface area contributed by atoms with Gasteiger partial charge in [0.1, 0.15) is 0 Å². The number of hydrogen-bond donors (Lipinski definition) is 0. The van der Waals surface area contributed by atoms with Gasteiger partial charge in [-0.25, -0.2) is 0 Å². The van der Waals surface area contributed by atoms with E-state index in [-0.39, 0.29) is 0 Å². The monoisotopic (exact) mass is 304 g/mol. The van der Waals surface area contributed by atoms with Crippen LogP contribution in [0.15, 0.2) is 30.3 Å². The van der Waals surface area contributed by atoms with E-state index >= 15 is 0 Å². The number of ether oxygens (including phenoxy) is 3. The first-order valence-electron chi connectivity index (χ1n) is 8.53. The highest BCUT2D eigenvalue weighted by Crippen LogP contribution is 2.74. The van der Waals surface area contributed by atoms with Gasteiger partial charge in [0.05, 0.1) is 39.6 Å². The van der Waals surface area contributed by atoms with Gasteiger partial charge in [0.2, 0.25) is 0 Å². The van der Waals surface area contributed by atoms with Crippen LogP contribution in [0.2, 0.25) is 0 Å². The molecule has 2 bridgehead atoms. The largest absolute Gasteiger partial charge is 0.378 e. The molecule has 122 valence electrons. The summed E-state index contributed by atoms with van der Waals surface area (Å²) < 4.78 is 16.9. The van der Waals surface area contributed by atoms with Gasteiger partial charge in [0, 0.05) is 0 Å². The maximum Gasteiger partial charge on any atom is 0.0718 e. The smallest absolute Gasteiger partial charge is 0.0718 e. The molecule has 22 heavy (non-hydrogen) atoms. The molecule has 0 atom stereocenters. The summed E-state index contributed by atoms with van der Waals surface area (Å²) in [6.45, 7) is 6.56. The highest BCUT2D eigenvalue weighted by atomic mass is 16.5. The lowest BCUT2D eigenvalue weighted by Gasteiger charge is -2.71. The summed E-state index contributed by atoms with van der Waals surface area (Å²) in [5, 5.41) is 0. The van der Waals surface area contributed by atoms with Gasteiger partial charge >= 0.3 is 0 Å². The lowest BCUT2D eigenvalue weighted by atomic mass is 9.35. The molecule has 3 aliphatic carbocycles. The zero-order valence-corrected chi connectivity index (χ0v) is 13.7. The molecular weight excluding hydrogens is 276 g/mol. The molecule has 0 spiro atoms. The fourth-order valence-corrected chi connectivity index (χ4v) is 4.15. The van der Waals surface area contributed by atoms with Crippen molar-refractivity contribution >= 4 is 0 Å². The van der Waals surface area contributed by atoms with E-state index in [1.54, 1.807) is 0 Å². The van der Waals surface area contributed by atoms with E-state index in [0.29, 0.717) is 38.4 Å². The quantitative estimate of drug-likeness (QED) is 0.582. The van der Waals surface area contributed by atoms with Crippen molar-refractivity contribution in [2.45, 2.75) is 39.2 Å². The Kier molecular flexibility index (Phi) is 5.17. The van der Waals surface area contributed by atoms with Crippen LogP contribution in [0.4, 0.5) is 0 Å². The number of benzene rings is 1. The van der Waals surface area contributed by atoms with Crippen molar-refractivity contribution < 1.29 is 14.2 Å². The van der Waals surface area contributed by atoms with Crippen LogP contribution in [0.25, 0.3) is 0 Å². The Balaban J connectivity index is 1.12. The van der Waals surface area contributed by atoms with Gasteiger partial charge < -0.3 is 14.2 Å². The average Bonchev–Trinajstić information content (AvgIpc) is 2.47. The summed E-state index contributed by atoms with van der Waals surface area (Å²) >= 11 is 0.